The van der Waals surface area contributed by atoms with Gasteiger partial charge in [0, 0.05) is 12.1 Å². The van der Waals surface area contributed by atoms with E-state index < -0.39 is 0 Å². The summed E-state index contributed by atoms with van der Waals surface area (Å²) in [7, 11) is 0. The Morgan fingerprint density at radius 1 is 1.00 bits per heavy atom. The predicted molar refractivity (Wildman–Crippen MR) is 88.3 cm³/mol. The molecule has 0 aliphatic carbocycles. The molecule has 1 heterocycles. The summed E-state index contributed by atoms with van der Waals surface area (Å²) >= 11 is 0. The summed E-state index contributed by atoms with van der Waals surface area (Å²) in [5.41, 5.74) is 5.01. The van der Waals surface area contributed by atoms with E-state index in [4.69, 9.17) is 9.47 Å². The molecule has 3 nitrogen and oxygen atoms in total. The Hall–Kier alpha value is -2.00. The lowest BCUT2D eigenvalue weighted by molar-refractivity contribution is 0.174. The van der Waals surface area contributed by atoms with Crippen molar-refractivity contribution < 1.29 is 9.47 Å². The highest BCUT2D eigenvalue weighted by molar-refractivity contribution is 5.46. The van der Waals surface area contributed by atoms with Crippen LogP contribution in [0.5, 0.6) is 11.5 Å². The maximum absolute atomic E-state index is 5.48. The molecule has 0 fully saturated rings. The van der Waals surface area contributed by atoms with Crippen molar-refractivity contribution >= 4 is 0 Å². The van der Waals surface area contributed by atoms with Gasteiger partial charge in [0.2, 0.25) is 6.79 Å². The summed E-state index contributed by atoms with van der Waals surface area (Å²) in [5, 5.41) is 3.65. The lowest BCUT2D eigenvalue weighted by Gasteiger charge is -2.28. The molecule has 3 heteroatoms. The maximum atomic E-state index is 5.48. The van der Waals surface area contributed by atoms with E-state index in [1.54, 1.807) is 0 Å². The first-order valence-corrected chi connectivity index (χ1v) is 7.67. The summed E-state index contributed by atoms with van der Waals surface area (Å²) < 4.78 is 10.9. The van der Waals surface area contributed by atoms with Crippen molar-refractivity contribution in [1.29, 1.82) is 0 Å². The van der Waals surface area contributed by atoms with Crippen LogP contribution in [-0.2, 0) is 12.1 Å². The standard InChI is InChI=1S/C19H23NO2/c1-13-5-6-14(2)15(9-13)11-20-19(3,4)16-7-8-17-18(10-16)22-12-21-17/h5-10,20H,11-12H2,1-4H3. The molecule has 0 atom stereocenters. The van der Waals surface area contributed by atoms with Gasteiger partial charge in [-0.05, 0) is 56.5 Å². The van der Waals surface area contributed by atoms with Gasteiger partial charge in [-0.15, -0.1) is 0 Å². The van der Waals surface area contributed by atoms with Crippen molar-refractivity contribution in [3.63, 3.8) is 0 Å². The molecule has 1 N–H and O–H groups in total. The van der Waals surface area contributed by atoms with Crippen molar-refractivity contribution in [3.8, 4) is 11.5 Å². The molecule has 0 amide bonds. The Labute approximate surface area is 132 Å². The third-order valence-electron chi connectivity index (χ3n) is 4.32. The van der Waals surface area contributed by atoms with Crippen LogP contribution in [0.3, 0.4) is 0 Å². The molecule has 0 spiro atoms. The quantitative estimate of drug-likeness (QED) is 0.923. The molecule has 2 aromatic rings. The van der Waals surface area contributed by atoms with Crippen molar-refractivity contribution in [2.45, 2.75) is 39.8 Å². The number of rotatable bonds is 4. The molecule has 1 aliphatic heterocycles. The number of aryl methyl sites for hydroxylation is 2. The summed E-state index contributed by atoms with van der Waals surface area (Å²) in [5.74, 6) is 1.66. The Morgan fingerprint density at radius 2 is 1.77 bits per heavy atom. The van der Waals surface area contributed by atoms with E-state index in [1.165, 1.54) is 22.3 Å². The molecule has 0 radical (unpaired) electrons. The molecule has 1 aliphatic rings. The third kappa shape index (κ3) is 2.95. The van der Waals surface area contributed by atoms with Crippen molar-refractivity contribution in [2.24, 2.45) is 0 Å². The minimum atomic E-state index is -0.142. The number of hydrogen-bond acceptors (Lipinski definition) is 3. The highest BCUT2D eigenvalue weighted by Crippen LogP contribution is 2.35. The first-order valence-electron chi connectivity index (χ1n) is 7.67. The van der Waals surface area contributed by atoms with Gasteiger partial charge >= 0.3 is 0 Å². The van der Waals surface area contributed by atoms with E-state index in [9.17, 15) is 0 Å². The van der Waals surface area contributed by atoms with E-state index in [0.717, 1.165) is 18.0 Å². The zero-order valence-corrected chi connectivity index (χ0v) is 13.7. The number of nitrogens with one attached hydrogen (secondary N) is 1. The van der Waals surface area contributed by atoms with Gasteiger partial charge in [-0.2, -0.15) is 0 Å². The molecule has 0 saturated heterocycles. The van der Waals surface area contributed by atoms with Crippen LogP contribution in [0.15, 0.2) is 36.4 Å². The fourth-order valence-corrected chi connectivity index (χ4v) is 2.69. The topological polar surface area (TPSA) is 30.5 Å². The van der Waals surface area contributed by atoms with Crippen molar-refractivity contribution in [3.05, 3.63) is 58.7 Å². The smallest absolute Gasteiger partial charge is 0.231 e. The van der Waals surface area contributed by atoms with Crippen LogP contribution < -0.4 is 14.8 Å². The van der Waals surface area contributed by atoms with Crippen LogP contribution in [0.2, 0.25) is 0 Å². The van der Waals surface area contributed by atoms with Gasteiger partial charge in [0.15, 0.2) is 11.5 Å². The van der Waals surface area contributed by atoms with Gasteiger partial charge in [-0.3, -0.25) is 0 Å². The molecule has 0 bridgehead atoms. The summed E-state index contributed by atoms with van der Waals surface area (Å²) in [6.07, 6.45) is 0. The zero-order chi connectivity index (χ0) is 15.7. The van der Waals surface area contributed by atoms with Crippen LogP contribution >= 0.6 is 0 Å². The fourth-order valence-electron chi connectivity index (χ4n) is 2.69. The van der Waals surface area contributed by atoms with E-state index in [0.29, 0.717) is 6.79 Å². The Bertz CT molecular complexity index is 692. The van der Waals surface area contributed by atoms with Gasteiger partial charge in [-0.1, -0.05) is 29.8 Å². The molecule has 116 valence electrons. The third-order valence-corrected chi connectivity index (χ3v) is 4.32. The van der Waals surface area contributed by atoms with E-state index in [2.05, 4.69) is 63.3 Å². The molecule has 0 saturated carbocycles. The highest BCUT2D eigenvalue weighted by Gasteiger charge is 2.23. The largest absolute Gasteiger partial charge is 0.454 e. The van der Waals surface area contributed by atoms with Gasteiger partial charge < -0.3 is 14.8 Å². The van der Waals surface area contributed by atoms with Gasteiger partial charge in [-0.25, -0.2) is 0 Å². The number of fused-ring (bicyclic) bond motifs is 1. The molecule has 2 aromatic carbocycles. The van der Waals surface area contributed by atoms with E-state index in [-0.39, 0.29) is 5.54 Å². The van der Waals surface area contributed by atoms with Crippen molar-refractivity contribution in [1.82, 2.24) is 5.32 Å². The van der Waals surface area contributed by atoms with Crippen LogP contribution in [0.25, 0.3) is 0 Å². The number of hydrogen-bond donors (Lipinski definition) is 1. The summed E-state index contributed by atoms with van der Waals surface area (Å²) in [6.45, 7) is 9.82. The van der Waals surface area contributed by atoms with Gasteiger partial charge in [0.25, 0.3) is 0 Å². The minimum Gasteiger partial charge on any atom is -0.454 e. The molecular formula is C19H23NO2. The molecule has 22 heavy (non-hydrogen) atoms. The van der Waals surface area contributed by atoms with Crippen LogP contribution in [0.4, 0.5) is 0 Å². The monoisotopic (exact) mass is 297 g/mol. The van der Waals surface area contributed by atoms with E-state index >= 15 is 0 Å². The van der Waals surface area contributed by atoms with Crippen LogP contribution in [0, 0.1) is 13.8 Å². The Kier molecular flexibility index (Phi) is 3.83. The SMILES string of the molecule is Cc1ccc(C)c(CNC(C)(C)c2ccc3c(c2)OCO3)c1. The van der Waals surface area contributed by atoms with Crippen LogP contribution in [0.1, 0.15) is 36.1 Å². The second-order valence-corrected chi connectivity index (χ2v) is 6.48. The summed E-state index contributed by atoms with van der Waals surface area (Å²) in [4.78, 5) is 0. The highest BCUT2D eigenvalue weighted by atomic mass is 16.7. The van der Waals surface area contributed by atoms with Crippen LogP contribution in [-0.4, -0.2) is 6.79 Å². The van der Waals surface area contributed by atoms with Crippen molar-refractivity contribution in [2.75, 3.05) is 6.79 Å². The predicted octanol–water partition coefficient (Wildman–Crippen LogP) is 4.06. The second-order valence-electron chi connectivity index (χ2n) is 6.48. The fraction of sp³-hybridized carbons (Fsp3) is 0.368. The number of benzene rings is 2. The lowest BCUT2D eigenvalue weighted by Crippen LogP contribution is -2.36. The molecular weight excluding hydrogens is 274 g/mol. The maximum Gasteiger partial charge on any atom is 0.231 e. The molecule has 0 unspecified atom stereocenters. The zero-order valence-electron chi connectivity index (χ0n) is 13.7. The average Bonchev–Trinajstić information content (AvgIpc) is 2.95. The minimum absolute atomic E-state index is 0.142. The first kappa shape index (κ1) is 14.9. The van der Waals surface area contributed by atoms with E-state index in [1.807, 2.05) is 6.07 Å². The van der Waals surface area contributed by atoms with Gasteiger partial charge in [0.05, 0.1) is 0 Å². The molecule has 3 rings (SSSR count). The van der Waals surface area contributed by atoms with Gasteiger partial charge in [0.1, 0.15) is 0 Å². The number of ether oxygens (including phenoxy) is 2. The average molecular weight is 297 g/mol. The Morgan fingerprint density at radius 3 is 2.59 bits per heavy atom. The lowest BCUT2D eigenvalue weighted by atomic mass is 9.93. The Balaban J connectivity index is 1.77. The first-order chi connectivity index (χ1) is 10.5. The summed E-state index contributed by atoms with van der Waals surface area (Å²) in [6, 6.07) is 12.7. The normalized spacial score (nSPS) is 13.5. The second kappa shape index (κ2) is 5.65. The molecule has 0 aromatic heterocycles.